The highest BCUT2D eigenvalue weighted by molar-refractivity contribution is 4.86. The molecule has 0 aromatic rings. The zero-order valence-electron chi connectivity index (χ0n) is 16.1. The summed E-state index contributed by atoms with van der Waals surface area (Å²) in [6.07, 6.45) is 9.96. The maximum atomic E-state index is 3.41. The van der Waals surface area contributed by atoms with Crippen LogP contribution in [0.2, 0.25) is 0 Å². The van der Waals surface area contributed by atoms with Gasteiger partial charge in [-0.15, -0.1) is 0 Å². The Morgan fingerprint density at radius 1 is 0.955 bits per heavy atom. The molecule has 1 saturated heterocycles. The Hall–Kier alpha value is -0.0800. The summed E-state index contributed by atoms with van der Waals surface area (Å²) in [6.45, 7) is 17.5. The van der Waals surface area contributed by atoms with Gasteiger partial charge in [0.05, 0.1) is 0 Å². The van der Waals surface area contributed by atoms with Crippen molar-refractivity contribution in [1.82, 2.24) is 10.2 Å². The van der Waals surface area contributed by atoms with Crippen molar-refractivity contribution in [2.75, 3.05) is 32.7 Å². The van der Waals surface area contributed by atoms with Gasteiger partial charge in [-0.1, -0.05) is 53.9 Å². The van der Waals surface area contributed by atoms with Gasteiger partial charge in [0.15, 0.2) is 0 Å². The van der Waals surface area contributed by atoms with Crippen LogP contribution in [0.5, 0.6) is 0 Å². The molecule has 2 saturated carbocycles. The predicted octanol–water partition coefficient (Wildman–Crippen LogP) is 4.94. The molecule has 2 nitrogen and oxygen atoms in total. The lowest BCUT2D eigenvalue weighted by Gasteiger charge is -2.40. The van der Waals surface area contributed by atoms with Gasteiger partial charge in [0.2, 0.25) is 0 Å². The summed E-state index contributed by atoms with van der Waals surface area (Å²) in [5.41, 5.74) is 0.792. The van der Waals surface area contributed by atoms with Crippen molar-refractivity contribution in [2.45, 2.75) is 79.6 Å². The molecule has 0 radical (unpaired) electrons. The van der Waals surface area contributed by atoms with Crippen LogP contribution < -0.4 is 5.32 Å². The van der Waals surface area contributed by atoms with Gasteiger partial charge in [0, 0.05) is 32.7 Å². The summed E-state index contributed by atoms with van der Waals surface area (Å²) < 4.78 is 0. The first-order valence-electron chi connectivity index (χ1n) is 10.0. The lowest BCUT2D eigenvalue weighted by Crippen LogP contribution is -2.47. The largest absolute Gasteiger partial charge is 0.314 e. The Balaban J connectivity index is 0.000000224. The van der Waals surface area contributed by atoms with E-state index >= 15 is 0 Å². The Morgan fingerprint density at radius 3 is 1.82 bits per heavy atom. The van der Waals surface area contributed by atoms with Gasteiger partial charge in [-0.2, -0.15) is 0 Å². The number of nitrogens with one attached hydrogen (secondary N) is 1. The second-order valence-electron chi connectivity index (χ2n) is 7.93. The van der Waals surface area contributed by atoms with Crippen LogP contribution in [0, 0.1) is 17.3 Å². The van der Waals surface area contributed by atoms with E-state index in [-0.39, 0.29) is 0 Å². The summed E-state index contributed by atoms with van der Waals surface area (Å²) in [6, 6.07) is 0. The Kier molecular flexibility index (Phi) is 9.66. The SMILES string of the molecule is CCC.CCC1(C)CC1.CCC1CCC1CN1CCNCC1. The number of rotatable bonds is 4. The molecule has 2 aliphatic carbocycles. The Bertz CT molecular complexity index is 265. The van der Waals surface area contributed by atoms with Gasteiger partial charge in [0.25, 0.3) is 0 Å². The van der Waals surface area contributed by atoms with Gasteiger partial charge >= 0.3 is 0 Å². The molecule has 0 bridgehead atoms. The first-order valence-corrected chi connectivity index (χ1v) is 10.0. The number of hydrogen-bond acceptors (Lipinski definition) is 2. The molecule has 0 aromatic heterocycles. The van der Waals surface area contributed by atoms with Gasteiger partial charge < -0.3 is 10.2 Å². The van der Waals surface area contributed by atoms with Crippen molar-refractivity contribution in [3.8, 4) is 0 Å². The van der Waals surface area contributed by atoms with Gasteiger partial charge in [-0.05, 0) is 42.9 Å². The number of hydrogen-bond donors (Lipinski definition) is 1. The Labute approximate surface area is 140 Å². The molecule has 3 aliphatic rings. The maximum Gasteiger partial charge on any atom is 0.0107 e. The molecule has 22 heavy (non-hydrogen) atoms. The molecule has 1 heterocycles. The third-order valence-electron chi connectivity index (χ3n) is 5.76. The topological polar surface area (TPSA) is 15.3 Å². The van der Waals surface area contributed by atoms with Gasteiger partial charge in [-0.3, -0.25) is 0 Å². The zero-order chi connectivity index (χ0) is 16.4. The minimum Gasteiger partial charge on any atom is -0.314 e. The van der Waals surface area contributed by atoms with Crippen molar-refractivity contribution in [2.24, 2.45) is 17.3 Å². The van der Waals surface area contributed by atoms with Crippen LogP contribution in [0.15, 0.2) is 0 Å². The normalized spacial score (nSPS) is 29.3. The van der Waals surface area contributed by atoms with Crippen LogP contribution in [0.3, 0.4) is 0 Å². The molecule has 2 atom stereocenters. The standard InChI is InChI=1S/C11H22N2.C6H12.C3H8/c1-2-10-3-4-11(10)9-13-7-5-12-6-8-13;1-3-6(2)4-5-6;1-3-2/h10-12H,2-9H2,1H3;3-5H2,1-2H3;3H2,1-2H3. The first-order chi connectivity index (χ1) is 10.6. The van der Waals surface area contributed by atoms with E-state index in [1.807, 2.05) is 0 Å². The molecule has 2 heteroatoms. The van der Waals surface area contributed by atoms with E-state index in [0.717, 1.165) is 17.3 Å². The summed E-state index contributed by atoms with van der Waals surface area (Å²) in [5.74, 6) is 2.08. The molecule has 1 aliphatic heterocycles. The molecule has 132 valence electrons. The second-order valence-corrected chi connectivity index (χ2v) is 7.93. The van der Waals surface area contributed by atoms with Crippen LogP contribution in [0.4, 0.5) is 0 Å². The first kappa shape index (κ1) is 20.0. The summed E-state index contributed by atoms with van der Waals surface area (Å²) in [7, 11) is 0. The highest BCUT2D eigenvalue weighted by Gasteiger charge is 2.34. The fourth-order valence-electron chi connectivity index (χ4n) is 3.21. The highest BCUT2D eigenvalue weighted by atomic mass is 15.2. The van der Waals surface area contributed by atoms with Gasteiger partial charge in [0.1, 0.15) is 0 Å². The monoisotopic (exact) mass is 310 g/mol. The van der Waals surface area contributed by atoms with Crippen LogP contribution in [0.1, 0.15) is 79.6 Å². The van der Waals surface area contributed by atoms with Crippen molar-refractivity contribution in [3.63, 3.8) is 0 Å². The van der Waals surface area contributed by atoms with E-state index in [4.69, 9.17) is 0 Å². The third kappa shape index (κ3) is 7.46. The number of piperazine rings is 1. The molecule has 3 rings (SSSR count). The van der Waals surface area contributed by atoms with E-state index in [1.54, 1.807) is 0 Å². The van der Waals surface area contributed by atoms with Crippen LogP contribution >= 0.6 is 0 Å². The maximum absolute atomic E-state index is 3.41. The minimum atomic E-state index is 0.792. The quantitative estimate of drug-likeness (QED) is 0.791. The fourth-order valence-corrected chi connectivity index (χ4v) is 3.21. The van der Waals surface area contributed by atoms with Crippen LogP contribution in [-0.2, 0) is 0 Å². The minimum absolute atomic E-state index is 0.792. The molecule has 0 spiro atoms. The molecule has 0 amide bonds. The molecular formula is C20H42N2. The summed E-state index contributed by atoms with van der Waals surface area (Å²) in [4.78, 5) is 2.64. The lowest BCUT2D eigenvalue weighted by atomic mass is 9.72. The van der Waals surface area contributed by atoms with Crippen LogP contribution in [-0.4, -0.2) is 37.6 Å². The van der Waals surface area contributed by atoms with Crippen molar-refractivity contribution >= 4 is 0 Å². The smallest absolute Gasteiger partial charge is 0.0107 e. The van der Waals surface area contributed by atoms with Crippen molar-refractivity contribution in [1.29, 1.82) is 0 Å². The molecule has 1 N–H and O–H groups in total. The summed E-state index contributed by atoms with van der Waals surface area (Å²) in [5, 5.41) is 3.41. The van der Waals surface area contributed by atoms with Crippen molar-refractivity contribution in [3.05, 3.63) is 0 Å². The zero-order valence-corrected chi connectivity index (χ0v) is 16.1. The fraction of sp³-hybridized carbons (Fsp3) is 1.00. The van der Waals surface area contributed by atoms with Gasteiger partial charge in [-0.25, -0.2) is 0 Å². The van der Waals surface area contributed by atoms with E-state index in [0.29, 0.717) is 0 Å². The highest BCUT2D eigenvalue weighted by Crippen LogP contribution is 2.47. The molecule has 2 unspecified atom stereocenters. The Morgan fingerprint density at radius 2 is 1.50 bits per heavy atom. The number of nitrogens with zero attached hydrogens (tertiary/aromatic N) is 1. The lowest BCUT2D eigenvalue weighted by molar-refractivity contribution is 0.0988. The summed E-state index contributed by atoms with van der Waals surface area (Å²) >= 11 is 0. The molecule has 0 aromatic carbocycles. The van der Waals surface area contributed by atoms with Crippen molar-refractivity contribution < 1.29 is 0 Å². The average molecular weight is 311 g/mol. The van der Waals surface area contributed by atoms with Crippen LogP contribution in [0.25, 0.3) is 0 Å². The second kappa shape index (κ2) is 10.6. The molecular weight excluding hydrogens is 268 g/mol. The van der Waals surface area contributed by atoms with E-state index in [2.05, 4.69) is 44.8 Å². The van der Waals surface area contributed by atoms with E-state index in [1.165, 1.54) is 77.7 Å². The average Bonchev–Trinajstić information content (AvgIpc) is 3.25. The predicted molar refractivity (Wildman–Crippen MR) is 99.4 cm³/mol. The third-order valence-corrected chi connectivity index (χ3v) is 5.76. The van der Waals surface area contributed by atoms with E-state index < -0.39 is 0 Å². The van der Waals surface area contributed by atoms with E-state index in [9.17, 15) is 0 Å². The molecule has 3 fully saturated rings.